The Morgan fingerprint density at radius 2 is 2.10 bits per heavy atom. The number of hydrogen-bond donors (Lipinski definition) is 1. The predicted octanol–water partition coefficient (Wildman–Crippen LogP) is 2.89. The summed E-state index contributed by atoms with van der Waals surface area (Å²) < 4.78 is 3.76. The molecule has 0 atom stereocenters. The van der Waals surface area contributed by atoms with Crippen molar-refractivity contribution in [3.05, 3.63) is 48.8 Å². The van der Waals surface area contributed by atoms with Gasteiger partial charge < -0.3 is 9.88 Å². The molecule has 2 heterocycles. The first-order valence-electron chi connectivity index (χ1n) is 7.13. The van der Waals surface area contributed by atoms with Gasteiger partial charge in [0.15, 0.2) is 0 Å². The lowest BCUT2D eigenvalue weighted by Crippen LogP contribution is -2.20. The van der Waals surface area contributed by atoms with Crippen molar-refractivity contribution >= 4 is 22.6 Å². The molecule has 3 rings (SSSR count). The van der Waals surface area contributed by atoms with Crippen molar-refractivity contribution in [1.82, 2.24) is 14.3 Å². The highest BCUT2D eigenvalue weighted by atomic mass is 16.2. The van der Waals surface area contributed by atoms with Gasteiger partial charge in [0.2, 0.25) is 5.91 Å². The van der Waals surface area contributed by atoms with Crippen LogP contribution in [0.4, 0.5) is 5.82 Å². The van der Waals surface area contributed by atoms with Crippen molar-refractivity contribution in [3.63, 3.8) is 0 Å². The molecular weight excluding hydrogens is 264 g/mol. The van der Waals surface area contributed by atoms with E-state index in [2.05, 4.69) is 17.3 Å². The summed E-state index contributed by atoms with van der Waals surface area (Å²) >= 11 is 0. The van der Waals surface area contributed by atoms with E-state index in [9.17, 15) is 4.79 Å². The van der Waals surface area contributed by atoms with Crippen LogP contribution in [0.15, 0.2) is 48.8 Å². The molecule has 0 bridgehead atoms. The number of amides is 1. The number of rotatable bonds is 5. The Bertz CT molecular complexity index is 756. The lowest BCUT2D eigenvalue weighted by molar-refractivity contribution is -0.116. The lowest BCUT2D eigenvalue weighted by atomic mass is 10.2. The number of carbonyl (C=O) groups excluding carboxylic acids is 1. The first-order chi connectivity index (χ1) is 10.3. The largest absolute Gasteiger partial charge is 0.338 e. The Morgan fingerprint density at radius 3 is 2.95 bits per heavy atom. The number of fused-ring (bicyclic) bond motifs is 1. The van der Waals surface area contributed by atoms with Gasteiger partial charge in [-0.05, 0) is 23.9 Å². The first-order valence-corrected chi connectivity index (χ1v) is 7.13. The maximum absolute atomic E-state index is 12.2. The minimum atomic E-state index is -0.0470. The van der Waals surface area contributed by atoms with Crippen LogP contribution in [0.5, 0.6) is 0 Å². The standard InChI is InChI=1S/C16H18N4O/c1-2-10-20-15(7-9-17-20)18-16(21)12-19-11-8-13-5-3-4-6-14(13)19/h3-9,11H,2,10,12H2,1H3,(H,18,21). The third kappa shape index (κ3) is 2.81. The zero-order valence-electron chi connectivity index (χ0n) is 12.0. The number of benzene rings is 1. The van der Waals surface area contributed by atoms with Crippen molar-refractivity contribution in [2.75, 3.05) is 5.32 Å². The molecule has 0 fully saturated rings. The van der Waals surface area contributed by atoms with Gasteiger partial charge in [0.25, 0.3) is 0 Å². The highest BCUT2D eigenvalue weighted by Crippen LogP contribution is 2.15. The fraction of sp³-hybridized carbons (Fsp3) is 0.250. The summed E-state index contributed by atoms with van der Waals surface area (Å²) in [5.74, 6) is 0.701. The zero-order valence-corrected chi connectivity index (χ0v) is 12.0. The molecule has 0 aliphatic carbocycles. The molecule has 0 saturated heterocycles. The molecule has 1 amide bonds. The smallest absolute Gasteiger partial charge is 0.245 e. The molecule has 0 aliphatic heterocycles. The van der Waals surface area contributed by atoms with E-state index in [-0.39, 0.29) is 5.91 Å². The van der Waals surface area contributed by atoms with Crippen LogP contribution in [0.2, 0.25) is 0 Å². The topological polar surface area (TPSA) is 51.9 Å². The number of carbonyl (C=O) groups is 1. The predicted molar refractivity (Wildman–Crippen MR) is 83.1 cm³/mol. The second kappa shape index (κ2) is 5.83. The molecule has 108 valence electrons. The minimum absolute atomic E-state index is 0.0470. The van der Waals surface area contributed by atoms with Gasteiger partial charge in [0.1, 0.15) is 12.4 Å². The van der Waals surface area contributed by atoms with E-state index in [1.54, 1.807) is 6.20 Å². The van der Waals surface area contributed by atoms with Crippen molar-refractivity contribution in [2.24, 2.45) is 0 Å². The van der Waals surface area contributed by atoms with E-state index in [0.717, 1.165) is 29.7 Å². The second-order valence-electron chi connectivity index (χ2n) is 4.99. The van der Waals surface area contributed by atoms with Crippen LogP contribution in [0.3, 0.4) is 0 Å². The molecule has 2 aromatic heterocycles. The summed E-state index contributed by atoms with van der Waals surface area (Å²) in [6.45, 7) is 3.18. The van der Waals surface area contributed by atoms with E-state index in [0.29, 0.717) is 6.54 Å². The second-order valence-corrected chi connectivity index (χ2v) is 4.99. The van der Waals surface area contributed by atoms with Gasteiger partial charge in [0, 0.05) is 24.3 Å². The minimum Gasteiger partial charge on any atom is -0.338 e. The number of aromatic nitrogens is 3. The summed E-state index contributed by atoms with van der Waals surface area (Å²) in [7, 11) is 0. The Labute approximate surface area is 123 Å². The molecule has 1 N–H and O–H groups in total. The van der Waals surface area contributed by atoms with E-state index < -0.39 is 0 Å². The fourth-order valence-electron chi connectivity index (χ4n) is 2.44. The van der Waals surface area contributed by atoms with Crippen LogP contribution in [-0.4, -0.2) is 20.3 Å². The molecular formula is C16H18N4O. The zero-order chi connectivity index (χ0) is 14.7. The van der Waals surface area contributed by atoms with Crippen LogP contribution in [-0.2, 0) is 17.9 Å². The summed E-state index contributed by atoms with van der Waals surface area (Å²) in [5.41, 5.74) is 1.06. The number of para-hydroxylation sites is 1. The summed E-state index contributed by atoms with van der Waals surface area (Å²) in [6, 6.07) is 11.9. The van der Waals surface area contributed by atoms with E-state index in [4.69, 9.17) is 0 Å². The normalized spacial score (nSPS) is 10.9. The maximum Gasteiger partial charge on any atom is 0.245 e. The molecule has 0 aliphatic rings. The van der Waals surface area contributed by atoms with Crippen LogP contribution in [0.1, 0.15) is 13.3 Å². The average molecular weight is 282 g/mol. The van der Waals surface area contributed by atoms with Crippen molar-refractivity contribution in [3.8, 4) is 0 Å². The Balaban J connectivity index is 1.73. The molecule has 0 radical (unpaired) electrons. The molecule has 1 aromatic carbocycles. The summed E-state index contributed by atoms with van der Waals surface area (Å²) in [5, 5.41) is 8.26. The molecule has 5 nitrogen and oxygen atoms in total. The highest BCUT2D eigenvalue weighted by Gasteiger charge is 2.09. The van der Waals surface area contributed by atoms with E-state index in [1.165, 1.54) is 0 Å². The van der Waals surface area contributed by atoms with Gasteiger partial charge in [0.05, 0.1) is 6.20 Å². The lowest BCUT2D eigenvalue weighted by Gasteiger charge is -2.09. The van der Waals surface area contributed by atoms with Crippen molar-refractivity contribution in [1.29, 1.82) is 0 Å². The van der Waals surface area contributed by atoms with Gasteiger partial charge in [-0.25, -0.2) is 4.68 Å². The number of anilines is 1. The Kier molecular flexibility index (Phi) is 3.73. The van der Waals surface area contributed by atoms with Crippen LogP contribution < -0.4 is 5.32 Å². The number of nitrogens with zero attached hydrogens (tertiary/aromatic N) is 3. The molecule has 0 unspecified atom stereocenters. The molecule has 0 spiro atoms. The molecule has 21 heavy (non-hydrogen) atoms. The van der Waals surface area contributed by atoms with Gasteiger partial charge >= 0.3 is 0 Å². The van der Waals surface area contributed by atoms with Gasteiger partial charge in [-0.15, -0.1) is 0 Å². The maximum atomic E-state index is 12.2. The number of hydrogen-bond acceptors (Lipinski definition) is 2. The Hall–Kier alpha value is -2.56. The Morgan fingerprint density at radius 1 is 1.24 bits per heavy atom. The van der Waals surface area contributed by atoms with Gasteiger partial charge in [-0.1, -0.05) is 25.1 Å². The molecule has 5 heteroatoms. The van der Waals surface area contributed by atoms with Crippen LogP contribution in [0.25, 0.3) is 10.9 Å². The first kappa shape index (κ1) is 13.4. The quantitative estimate of drug-likeness (QED) is 0.782. The molecule has 3 aromatic rings. The van der Waals surface area contributed by atoms with E-state index in [1.807, 2.05) is 51.8 Å². The van der Waals surface area contributed by atoms with Crippen molar-refractivity contribution < 1.29 is 4.79 Å². The molecule has 0 saturated carbocycles. The van der Waals surface area contributed by atoms with E-state index >= 15 is 0 Å². The third-order valence-electron chi connectivity index (χ3n) is 3.41. The highest BCUT2D eigenvalue weighted by molar-refractivity contribution is 5.91. The SMILES string of the molecule is CCCn1nccc1NC(=O)Cn1ccc2ccccc21. The third-order valence-corrected chi connectivity index (χ3v) is 3.41. The summed E-state index contributed by atoms with van der Waals surface area (Å²) in [4.78, 5) is 12.2. The van der Waals surface area contributed by atoms with Gasteiger partial charge in [-0.2, -0.15) is 5.10 Å². The number of nitrogens with one attached hydrogen (secondary N) is 1. The number of aryl methyl sites for hydroxylation is 1. The average Bonchev–Trinajstić information content (AvgIpc) is 3.08. The summed E-state index contributed by atoms with van der Waals surface area (Å²) in [6.07, 6.45) is 4.62. The van der Waals surface area contributed by atoms with Crippen LogP contribution >= 0.6 is 0 Å². The fourth-order valence-corrected chi connectivity index (χ4v) is 2.44. The van der Waals surface area contributed by atoms with Crippen molar-refractivity contribution in [2.45, 2.75) is 26.4 Å². The van der Waals surface area contributed by atoms with Crippen LogP contribution in [0, 0.1) is 0 Å². The van der Waals surface area contributed by atoms with Gasteiger partial charge in [-0.3, -0.25) is 4.79 Å². The monoisotopic (exact) mass is 282 g/mol.